The van der Waals surface area contributed by atoms with Crippen molar-refractivity contribution in [2.24, 2.45) is 5.92 Å². The molecule has 3 aromatic rings. The van der Waals surface area contributed by atoms with E-state index in [9.17, 15) is 41.4 Å². The Bertz CT molecular complexity index is 1680. The van der Waals surface area contributed by atoms with Crippen LogP contribution in [0.3, 0.4) is 0 Å². The van der Waals surface area contributed by atoms with Crippen LogP contribution in [0.15, 0.2) is 42.9 Å². The number of carboxylic acid groups (broad SMARTS) is 1. The monoisotopic (exact) mass is 755 g/mol. The summed E-state index contributed by atoms with van der Waals surface area (Å²) in [6, 6.07) is 2.89. The minimum absolute atomic E-state index is 0.107. The summed E-state index contributed by atoms with van der Waals surface area (Å²) in [5, 5.41) is 19.7. The van der Waals surface area contributed by atoms with Gasteiger partial charge in [-0.05, 0) is 62.3 Å². The molecular weight excluding hydrogens is 716 g/mol. The summed E-state index contributed by atoms with van der Waals surface area (Å²) < 4.78 is 83.2. The van der Waals surface area contributed by atoms with Crippen molar-refractivity contribution >= 4 is 40.7 Å². The van der Waals surface area contributed by atoms with Crippen LogP contribution >= 0.6 is 11.6 Å². The Labute approximate surface area is 302 Å². The Morgan fingerprint density at radius 1 is 0.885 bits per heavy atom. The highest BCUT2D eigenvalue weighted by atomic mass is 35.5. The standard InChI is InChI=1S/C35H40ClF6N7O3/c1-2-25-14-26(20-48(25)30-15-31(43-18-29(30)36)47-7-3-22(4-8-47)32(51)52)49(33-44-16-27(17-45-33)46-9-5-28(50)6-10-46)19-21-11-23(34(37,38)39)13-24(12-21)35(40,41)42/h11-13,15-18,22,25-26,28,50H,2-10,14,19-20H2,1H3,(H,51,52)/t25-,26+/m1/s1. The van der Waals surface area contributed by atoms with Crippen molar-refractivity contribution in [3.8, 4) is 0 Å². The molecule has 0 aliphatic carbocycles. The molecule has 2 atom stereocenters. The van der Waals surface area contributed by atoms with Gasteiger partial charge in [0.25, 0.3) is 0 Å². The Morgan fingerprint density at radius 2 is 1.48 bits per heavy atom. The molecule has 3 aliphatic heterocycles. The predicted octanol–water partition coefficient (Wildman–Crippen LogP) is 6.89. The van der Waals surface area contributed by atoms with Crippen LogP contribution in [0.4, 0.5) is 49.5 Å². The summed E-state index contributed by atoms with van der Waals surface area (Å²) in [6.45, 7) is 4.14. The van der Waals surface area contributed by atoms with Gasteiger partial charge in [0.05, 0.1) is 64.2 Å². The Hall–Kier alpha value is -4.05. The number of aliphatic hydroxyl groups excluding tert-OH is 1. The first kappa shape index (κ1) is 37.7. The van der Waals surface area contributed by atoms with Gasteiger partial charge in [-0.25, -0.2) is 15.0 Å². The average molecular weight is 756 g/mol. The molecule has 10 nitrogen and oxygen atoms in total. The van der Waals surface area contributed by atoms with E-state index in [1.807, 2.05) is 22.8 Å². The fourth-order valence-corrected chi connectivity index (χ4v) is 7.60. The van der Waals surface area contributed by atoms with Crippen LogP contribution in [0.25, 0.3) is 0 Å². The molecule has 52 heavy (non-hydrogen) atoms. The number of benzene rings is 1. The first-order valence-electron chi connectivity index (χ1n) is 17.3. The maximum absolute atomic E-state index is 13.9. The Balaban J connectivity index is 1.33. The molecule has 0 radical (unpaired) electrons. The summed E-state index contributed by atoms with van der Waals surface area (Å²) in [4.78, 5) is 32.9. The highest BCUT2D eigenvalue weighted by Crippen LogP contribution is 2.40. The first-order valence-corrected chi connectivity index (χ1v) is 17.7. The molecule has 0 saturated carbocycles. The topological polar surface area (TPSA) is 109 Å². The van der Waals surface area contributed by atoms with Crippen LogP contribution in [0.2, 0.25) is 5.02 Å². The van der Waals surface area contributed by atoms with E-state index >= 15 is 0 Å². The van der Waals surface area contributed by atoms with Gasteiger partial charge in [-0.15, -0.1) is 0 Å². The molecule has 5 heterocycles. The number of halogens is 7. The number of rotatable bonds is 9. The first-order chi connectivity index (χ1) is 24.6. The van der Waals surface area contributed by atoms with E-state index in [2.05, 4.69) is 19.9 Å². The normalized spacial score (nSPS) is 20.8. The van der Waals surface area contributed by atoms with Crippen LogP contribution in [0.5, 0.6) is 0 Å². The molecule has 0 amide bonds. The number of pyridine rings is 1. The molecule has 0 unspecified atom stereocenters. The molecule has 6 rings (SSSR count). The van der Waals surface area contributed by atoms with Crippen LogP contribution in [0, 0.1) is 5.92 Å². The molecule has 1 aromatic carbocycles. The summed E-state index contributed by atoms with van der Waals surface area (Å²) in [6.07, 6.45) is -2.47. The summed E-state index contributed by atoms with van der Waals surface area (Å²) in [7, 11) is 0. The number of nitrogens with zero attached hydrogens (tertiary/aromatic N) is 7. The number of aliphatic hydroxyl groups is 1. The van der Waals surface area contributed by atoms with E-state index in [1.54, 1.807) is 17.3 Å². The number of piperidine rings is 2. The van der Waals surface area contributed by atoms with E-state index < -0.39 is 47.5 Å². The molecule has 0 spiro atoms. The molecule has 0 bridgehead atoms. The minimum atomic E-state index is -5.00. The maximum Gasteiger partial charge on any atom is 0.416 e. The van der Waals surface area contributed by atoms with Gasteiger partial charge >= 0.3 is 18.3 Å². The minimum Gasteiger partial charge on any atom is -0.481 e. The van der Waals surface area contributed by atoms with Crippen LogP contribution in [0.1, 0.15) is 62.1 Å². The fraction of sp³-hybridized carbons (Fsp3) is 0.543. The van der Waals surface area contributed by atoms with Gasteiger partial charge in [-0.2, -0.15) is 26.3 Å². The van der Waals surface area contributed by atoms with Crippen LogP contribution < -0.4 is 19.6 Å². The van der Waals surface area contributed by atoms with E-state index in [1.165, 1.54) is 6.20 Å². The molecule has 17 heteroatoms. The number of carboxylic acids is 1. The molecule has 2 aromatic heterocycles. The van der Waals surface area contributed by atoms with Crippen LogP contribution in [-0.2, 0) is 23.7 Å². The lowest BCUT2D eigenvalue weighted by Crippen LogP contribution is -2.39. The third-order valence-electron chi connectivity index (χ3n) is 10.3. The SMILES string of the molecule is CC[C@@H]1C[C@H](N(Cc2cc(C(F)(F)F)cc(C(F)(F)F)c2)c2ncc(N3CCC(O)CC3)cn2)CN1c1cc(N2CCC(C(=O)O)CC2)ncc1Cl. The van der Waals surface area contributed by atoms with Crippen molar-refractivity contribution in [2.45, 2.75) is 82.5 Å². The molecule has 3 fully saturated rings. The molecular formula is C35H40ClF6N7O3. The number of hydrogen-bond acceptors (Lipinski definition) is 9. The highest BCUT2D eigenvalue weighted by Gasteiger charge is 2.40. The van der Waals surface area contributed by atoms with Crippen molar-refractivity contribution in [2.75, 3.05) is 52.3 Å². The lowest BCUT2D eigenvalue weighted by atomic mass is 9.97. The molecule has 2 N–H and O–H groups in total. The van der Waals surface area contributed by atoms with Crippen molar-refractivity contribution in [3.05, 3.63) is 64.6 Å². The number of carbonyl (C=O) groups is 1. The zero-order chi connectivity index (χ0) is 37.4. The highest BCUT2D eigenvalue weighted by molar-refractivity contribution is 6.33. The summed E-state index contributed by atoms with van der Waals surface area (Å²) >= 11 is 6.72. The van der Waals surface area contributed by atoms with Crippen molar-refractivity contribution in [1.82, 2.24) is 15.0 Å². The molecule has 3 aliphatic rings. The Kier molecular flexibility index (Phi) is 11.0. The van der Waals surface area contributed by atoms with Gasteiger partial charge in [0.2, 0.25) is 5.95 Å². The average Bonchev–Trinajstić information content (AvgIpc) is 3.54. The number of hydrogen-bond donors (Lipinski definition) is 2. The van der Waals surface area contributed by atoms with Gasteiger partial charge in [-0.1, -0.05) is 18.5 Å². The van der Waals surface area contributed by atoms with Crippen molar-refractivity contribution in [3.63, 3.8) is 0 Å². The number of aromatic nitrogens is 3. The van der Waals surface area contributed by atoms with Gasteiger partial charge in [0.1, 0.15) is 5.82 Å². The van der Waals surface area contributed by atoms with Gasteiger partial charge < -0.3 is 29.8 Å². The zero-order valence-electron chi connectivity index (χ0n) is 28.4. The van der Waals surface area contributed by atoms with Gasteiger partial charge in [0.15, 0.2) is 0 Å². The van der Waals surface area contributed by atoms with Gasteiger partial charge in [-0.3, -0.25) is 4.79 Å². The third kappa shape index (κ3) is 8.43. The third-order valence-corrected chi connectivity index (χ3v) is 10.6. The van der Waals surface area contributed by atoms with E-state index in [0.717, 1.165) is 12.1 Å². The van der Waals surface area contributed by atoms with Crippen LogP contribution in [-0.4, -0.2) is 82.0 Å². The maximum atomic E-state index is 13.9. The predicted molar refractivity (Wildman–Crippen MR) is 184 cm³/mol. The van der Waals surface area contributed by atoms with Crippen molar-refractivity contribution in [1.29, 1.82) is 0 Å². The molecule has 3 saturated heterocycles. The van der Waals surface area contributed by atoms with Crippen molar-refractivity contribution < 1.29 is 41.4 Å². The van der Waals surface area contributed by atoms with E-state index in [0.29, 0.717) is 93.5 Å². The molecule has 282 valence electrons. The second-order valence-corrected chi connectivity index (χ2v) is 14.1. The summed E-state index contributed by atoms with van der Waals surface area (Å²) in [5.74, 6) is -0.471. The largest absolute Gasteiger partial charge is 0.481 e. The van der Waals surface area contributed by atoms with E-state index in [4.69, 9.17) is 11.6 Å². The van der Waals surface area contributed by atoms with Gasteiger partial charge in [0, 0.05) is 51.4 Å². The number of alkyl halides is 6. The van der Waals surface area contributed by atoms with E-state index in [-0.39, 0.29) is 30.2 Å². The summed E-state index contributed by atoms with van der Waals surface area (Å²) in [5.41, 5.74) is -1.63. The lowest BCUT2D eigenvalue weighted by molar-refractivity contribution is -0.144. The number of aliphatic carboxylic acids is 1. The zero-order valence-corrected chi connectivity index (χ0v) is 29.2. The second kappa shape index (κ2) is 15.1. The Morgan fingerprint density at radius 3 is 2.04 bits per heavy atom. The fourth-order valence-electron chi connectivity index (χ4n) is 7.39. The number of anilines is 4. The smallest absolute Gasteiger partial charge is 0.416 e. The lowest BCUT2D eigenvalue weighted by Gasteiger charge is -2.33. The quantitative estimate of drug-likeness (QED) is 0.224. The second-order valence-electron chi connectivity index (χ2n) is 13.7.